The fourth-order valence-electron chi connectivity index (χ4n) is 5.78. The van der Waals surface area contributed by atoms with Crippen LogP contribution in [0.15, 0.2) is 146 Å². The van der Waals surface area contributed by atoms with E-state index in [1.165, 1.54) is 32.3 Å². The van der Waals surface area contributed by atoms with Gasteiger partial charge < -0.3 is 0 Å². The zero-order chi connectivity index (χ0) is 27.9. The first-order valence-electron chi connectivity index (χ1n) is 14.0. The van der Waals surface area contributed by atoms with Crippen molar-refractivity contribution in [3.05, 3.63) is 146 Å². The lowest BCUT2D eigenvalue weighted by Crippen LogP contribution is -1.91. The Bertz CT molecular complexity index is 2080. The normalized spacial score (nSPS) is 11.3. The molecule has 196 valence electrons. The summed E-state index contributed by atoms with van der Waals surface area (Å²) in [7, 11) is 0. The van der Waals surface area contributed by atoms with Crippen LogP contribution in [0.25, 0.3) is 77.6 Å². The molecule has 8 rings (SSSR count). The largest absolute Gasteiger partial charge is 0.255 e. The fraction of sp³-hybridized carbons (Fsp3) is 0. The topological polar surface area (TPSA) is 51.6 Å². The molecule has 4 aromatic heterocycles. The van der Waals surface area contributed by atoms with Crippen molar-refractivity contribution in [1.82, 2.24) is 19.9 Å². The van der Waals surface area contributed by atoms with Gasteiger partial charge in [-0.25, -0.2) is 9.97 Å². The molecule has 42 heavy (non-hydrogen) atoms. The average molecular weight is 537 g/mol. The van der Waals surface area contributed by atoms with Crippen LogP contribution in [0.3, 0.4) is 0 Å². The maximum absolute atomic E-state index is 4.99. The third-order valence-electron chi connectivity index (χ3n) is 7.78. The van der Waals surface area contributed by atoms with Crippen LogP contribution in [0.4, 0.5) is 0 Å². The molecule has 0 saturated carbocycles. The summed E-state index contributed by atoms with van der Waals surface area (Å²) in [5, 5.41) is 7.29. The Hall–Kier alpha value is -5.74. The number of nitrogens with zero attached hydrogens (tertiary/aromatic N) is 4. The number of pyridine rings is 4. The van der Waals surface area contributed by atoms with Crippen LogP contribution in [0.2, 0.25) is 0 Å². The number of rotatable bonds is 4. The van der Waals surface area contributed by atoms with Crippen LogP contribution in [0, 0.1) is 0 Å². The Morgan fingerprint density at radius 3 is 1.14 bits per heavy atom. The van der Waals surface area contributed by atoms with Crippen molar-refractivity contribution < 1.29 is 0 Å². The van der Waals surface area contributed by atoms with E-state index >= 15 is 0 Å². The van der Waals surface area contributed by atoms with E-state index in [0.717, 1.165) is 45.3 Å². The summed E-state index contributed by atoms with van der Waals surface area (Å²) in [6.45, 7) is 0. The maximum Gasteiger partial charge on any atom is 0.0893 e. The summed E-state index contributed by atoms with van der Waals surface area (Å²) in [5.41, 5.74) is 7.42. The molecule has 0 aliphatic rings. The molecule has 0 N–H and O–H groups in total. The van der Waals surface area contributed by atoms with Crippen molar-refractivity contribution >= 4 is 32.3 Å². The second kappa shape index (κ2) is 10.0. The highest BCUT2D eigenvalue weighted by Gasteiger charge is 2.13. The number of hydrogen-bond donors (Lipinski definition) is 0. The van der Waals surface area contributed by atoms with E-state index in [-0.39, 0.29) is 0 Å². The van der Waals surface area contributed by atoms with Crippen molar-refractivity contribution in [2.24, 2.45) is 0 Å². The Morgan fingerprint density at radius 1 is 0.286 bits per heavy atom. The zero-order valence-corrected chi connectivity index (χ0v) is 22.6. The minimum Gasteiger partial charge on any atom is -0.255 e. The van der Waals surface area contributed by atoms with Gasteiger partial charge in [-0.1, -0.05) is 72.8 Å². The number of benzene rings is 4. The summed E-state index contributed by atoms with van der Waals surface area (Å²) in [6.07, 6.45) is 3.60. The predicted octanol–water partition coefficient (Wildman–Crippen LogP) is 9.39. The van der Waals surface area contributed by atoms with E-state index < -0.39 is 0 Å². The monoisotopic (exact) mass is 536 g/mol. The minimum atomic E-state index is 0.859. The fourth-order valence-corrected chi connectivity index (χ4v) is 5.78. The first-order chi connectivity index (χ1) is 20.8. The molecule has 0 radical (unpaired) electrons. The predicted molar refractivity (Wildman–Crippen MR) is 172 cm³/mol. The van der Waals surface area contributed by atoms with Gasteiger partial charge in [0, 0.05) is 23.5 Å². The van der Waals surface area contributed by atoms with Gasteiger partial charge in [0.2, 0.25) is 0 Å². The summed E-state index contributed by atoms with van der Waals surface area (Å²) in [5.74, 6) is 0. The van der Waals surface area contributed by atoms with Crippen molar-refractivity contribution in [2.45, 2.75) is 0 Å². The Morgan fingerprint density at radius 2 is 0.690 bits per heavy atom. The molecule has 0 unspecified atom stereocenters. The Labute approximate surface area is 243 Å². The Kier molecular flexibility index (Phi) is 5.75. The average Bonchev–Trinajstić information content (AvgIpc) is 3.09. The molecule has 0 amide bonds. The van der Waals surface area contributed by atoms with Gasteiger partial charge in [0.25, 0.3) is 0 Å². The highest BCUT2D eigenvalue weighted by Crippen LogP contribution is 2.39. The van der Waals surface area contributed by atoms with Crippen LogP contribution in [0.5, 0.6) is 0 Å². The quantitative estimate of drug-likeness (QED) is 0.210. The zero-order valence-electron chi connectivity index (χ0n) is 22.6. The van der Waals surface area contributed by atoms with E-state index in [4.69, 9.17) is 9.97 Å². The highest BCUT2D eigenvalue weighted by molar-refractivity contribution is 6.26. The smallest absolute Gasteiger partial charge is 0.0893 e. The molecule has 8 aromatic rings. The van der Waals surface area contributed by atoms with E-state index in [2.05, 4.69) is 82.8 Å². The molecule has 4 nitrogen and oxygen atoms in total. The van der Waals surface area contributed by atoms with E-state index in [9.17, 15) is 0 Å². The maximum atomic E-state index is 4.99. The number of hydrogen-bond acceptors (Lipinski definition) is 4. The van der Waals surface area contributed by atoms with Crippen LogP contribution >= 0.6 is 0 Å². The summed E-state index contributed by atoms with van der Waals surface area (Å²) >= 11 is 0. The first-order valence-corrected chi connectivity index (χ1v) is 14.0. The lowest BCUT2D eigenvalue weighted by Gasteiger charge is -2.14. The summed E-state index contributed by atoms with van der Waals surface area (Å²) < 4.78 is 0. The van der Waals surface area contributed by atoms with Crippen LogP contribution in [-0.2, 0) is 0 Å². The summed E-state index contributed by atoms with van der Waals surface area (Å²) in [6, 6.07) is 46.0. The van der Waals surface area contributed by atoms with Gasteiger partial charge in [-0.3, -0.25) is 9.97 Å². The van der Waals surface area contributed by atoms with E-state index in [1.807, 2.05) is 60.7 Å². The minimum absolute atomic E-state index is 0.859. The molecule has 0 aliphatic heterocycles. The molecule has 4 heterocycles. The summed E-state index contributed by atoms with van der Waals surface area (Å²) in [4.78, 5) is 19.0. The molecule has 0 saturated heterocycles. The standard InChI is InChI=1S/C38H24N4/c1-2-10-28-27(9-1)29-19-17-25(33-13-7-15-37(41-33)35-11-3-5-21-39-35)23-31(29)32-24-26(18-20-30(28)32)34-14-8-16-38(42-34)36-12-4-6-22-40-36/h1-24H. The third-order valence-corrected chi connectivity index (χ3v) is 7.78. The van der Waals surface area contributed by atoms with Gasteiger partial charge in [0.05, 0.1) is 34.2 Å². The number of fused-ring (bicyclic) bond motifs is 6. The van der Waals surface area contributed by atoms with E-state index in [0.29, 0.717) is 0 Å². The van der Waals surface area contributed by atoms with Gasteiger partial charge in [-0.05, 0) is 93.0 Å². The van der Waals surface area contributed by atoms with Crippen molar-refractivity contribution in [2.75, 3.05) is 0 Å². The second-order valence-corrected chi connectivity index (χ2v) is 10.3. The molecule has 0 fully saturated rings. The molecular formula is C38H24N4. The van der Waals surface area contributed by atoms with Crippen LogP contribution in [0.1, 0.15) is 0 Å². The van der Waals surface area contributed by atoms with Crippen molar-refractivity contribution in [3.8, 4) is 45.3 Å². The van der Waals surface area contributed by atoms with E-state index in [1.54, 1.807) is 12.4 Å². The third kappa shape index (κ3) is 4.18. The molecule has 4 heteroatoms. The molecule has 4 aromatic carbocycles. The van der Waals surface area contributed by atoms with Crippen molar-refractivity contribution in [1.29, 1.82) is 0 Å². The van der Waals surface area contributed by atoms with Gasteiger partial charge >= 0.3 is 0 Å². The second-order valence-electron chi connectivity index (χ2n) is 10.3. The van der Waals surface area contributed by atoms with Gasteiger partial charge in [0.1, 0.15) is 0 Å². The molecule has 0 spiro atoms. The molecule has 0 aliphatic carbocycles. The number of aromatic nitrogens is 4. The molecule has 0 atom stereocenters. The van der Waals surface area contributed by atoms with Gasteiger partial charge in [-0.2, -0.15) is 0 Å². The lowest BCUT2D eigenvalue weighted by molar-refractivity contribution is 1.25. The Balaban J connectivity index is 1.33. The lowest BCUT2D eigenvalue weighted by atomic mass is 9.91. The van der Waals surface area contributed by atoms with Gasteiger partial charge in [-0.15, -0.1) is 0 Å². The molecular weight excluding hydrogens is 512 g/mol. The molecule has 0 bridgehead atoms. The first kappa shape index (κ1) is 24.1. The van der Waals surface area contributed by atoms with Crippen LogP contribution < -0.4 is 0 Å². The van der Waals surface area contributed by atoms with Crippen molar-refractivity contribution in [3.63, 3.8) is 0 Å². The van der Waals surface area contributed by atoms with Crippen LogP contribution in [-0.4, -0.2) is 19.9 Å². The van der Waals surface area contributed by atoms with Gasteiger partial charge in [0.15, 0.2) is 0 Å². The SMILES string of the molecule is c1ccc(-c2cccc(-c3ccc4c5ccccc5c5ccc(-c6cccc(-c7ccccn7)n6)cc5c4c3)n2)nc1. The highest BCUT2D eigenvalue weighted by atomic mass is 14.8.